The van der Waals surface area contributed by atoms with Crippen LogP contribution in [0.5, 0.6) is 0 Å². The van der Waals surface area contributed by atoms with E-state index >= 15 is 0 Å². The molecule has 30 heavy (non-hydrogen) atoms. The fourth-order valence-corrected chi connectivity index (χ4v) is 4.98. The van der Waals surface area contributed by atoms with E-state index < -0.39 is 0 Å². The molecule has 0 aliphatic carbocycles. The van der Waals surface area contributed by atoms with Gasteiger partial charge in [0.1, 0.15) is 12.2 Å². The van der Waals surface area contributed by atoms with Crippen LogP contribution in [-0.4, -0.2) is 59.0 Å². The second kappa shape index (κ2) is 10.9. The standard InChI is InChI=1S/C24H38N4OS/c1-9-19(10-2)28-15-18(8)22(23(28)26-16(5)6)25-14-21-17(7)13-20(30-21)24(29)27(11-3)12-4/h13-15,19,22-23H,9-12H2,1-8H3. The van der Waals surface area contributed by atoms with E-state index in [1.807, 2.05) is 44.9 Å². The number of aryl methyl sites for hydroxylation is 1. The number of aliphatic imine (C=N–C) groups is 2. The summed E-state index contributed by atoms with van der Waals surface area (Å²) in [6, 6.07) is 2.46. The van der Waals surface area contributed by atoms with Crippen molar-refractivity contribution in [2.75, 3.05) is 13.1 Å². The van der Waals surface area contributed by atoms with E-state index in [2.05, 4.69) is 38.8 Å². The van der Waals surface area contributed by atoms with E-state index in [9.17, 15) is 4.79 Å². The predicted octanol–water partition coefficient (Wildman–Crippen LogP) is 5.54. The fraction of sp³-hybridized carbons (Fsp3) is 0.625. The zero-order chi connectivity index (χ0) is 22.4. The number of carbonyl (C=O) groups is 1. The Morgan fingerprint density at radius 3 is 2.37 bits per heavy atom. The SMILES string of the molecule is CCC(CC)N1C=C(C)C(N=Cc2sc(C(=O)N(CC)CC)cc2C)C1N=C(C)C. The van der Waals surface area contributed by atoms with Gasteiger partial charge in [0.05, 0.1) is 4.88 Å². The van der Waals surface area contributed by atoms with Crippen LogP contribution < -0.4 is 0 Å². The summed E-state index contributed by atoms with van der Waals surface area (Å²) in [6.07, 6.45) is 6.38. The lowest BCUT2D eigenvalue weighted by atomic mass is 10.1. The lowest BCUT2D eigenvalue weighted by Gasteiger charge is -2.32. The monoisotopic (exact) mass is 430 g/mol. The van der Waals surface area contributed by atoms with E-state index in [1.54, 1.807) is 0 Å². The molecule has 1 amide bonds. The van der Waals surface area contributed by atoms with Gasteiger partial charge >= 0.3 is 0 Å². The second-order valence-electron chi connectivity index (χ2n) is 8.14. The van der Waals surface area contributed by atoms with Gasteiger partial charge in [-0.15, -0.1) is 11.3 Å². The van der Waals surface area contributed by atoms with Gasteiger partial charge in [-0.1, -0.05) is 13.8 Å². The van der Waals surface area contributed by atoms with Gasteiger partial charge in [0.15, 0.2) is 0 Å². The number of carbonyl (C=O) groups excluding carboxylic acids is 1. The molecule has 0 N–H and O–H groups in total. The van der Waals surface area contributed by atoms with Crippen molar-refractivity contribution in [3.05, 3.63) is 33.2 Å². The minimum atomic E-state index is 0.00364. The minimum Gasteiger partial charge on any atom is -0.351 e. The number of nitrogens with zero attached hydrogens (tertiary/aromatic N) is 4. The molecule has 0 saturated heterocycles. The Balaban J connectivity index is 2.30. The first-order valence-corrected chi connectivity index (χ1v) is 12.0. The molecule has 0 spiro atoms. The van der Waals surface area contributed by atoms with Gasteiger partial charge in [0.25, 0.3) is 5.91 Å². The average Bonchev–Trinajstić information content (AvgIpc) is 3.22. The maximum Gasteiger partial charge on any atom is 0.263 e. The summed E-state index contributed by atoms with van der Waals surface area (Å²) in [6.45, 7) is 18.2. The van der Waals surface area contributed by atoms with Crippen LogP contribution in [0.3, 0.4) is 0 Å². The van der Waals surface area contributed by atoms with Crippen molar-refractivity contribution in [2.45, 2.75) is 86.5 Å². The molecule has 166 valence electrons. The van der Waals surface area contributed by atoms with Gasteiger partial charge in [-0.3, -0.25) is 14.8 Å². The van der Waals surface area contributed by atoms with Crippen molar-refractivity contribution in [2.24, 2.45) is 9.98 Å². The largest absolute Gasteiger partial charge is 0.351 e. The van der Waals surface area contributed by atoms with Gasteiger partial charge in [-0.2, -0.15) is 0 Å². The molecule has 1 aromatic rings. The predicted molar refractivity (Wildman–Crippen MR) is 130 cm³/mol. The third kappa shape index (κ3) is 5.39. The Morgan fingerprint density at radius 1 is 1.20 bits per heavy atom. The van der Waals surface area contributed by atoms with E-state index in [4.69, 9.17) is 9.98 Å². The van der Waals surface area contributed by atoms with Crippen LogP contribution in [0.1, 0.15) is 81.4 Å². The van der Waals surface area contributed by atoms with Crippen LogP contribution in [0.15, 0.2) is 27.8 Å². The Bertz CT molecular complexity index is 811. The summed E-state index contributed by atoms with van der Waals surface area (Å²) in [5, 5.41) is 0. The van der Waals surface area contributed by atoms with Crippen molar-refractivity contribution in [3.63, 3.8) is 0 Å². The quantitative estimate of drug-likeness (QED) is 0.483. The third-order valence-electron chi connectivity index (χ3n) is 5.73. The topological polar surface area (TPSA) is 48.3 Å². The summed E-state index contributed by atoms with van der Waals surface area (Å²) in [7, 11) is 0. The molecule has 1 aliphatic heterocycles. The number of hydrogen-bond donors (Lipinski definition) is 0. The maximum absolute atomic E-state index is 12.7. The van der Waals surface area contributed by atoms with Gasteiger partial charge < -0.3 is 9.80 Å². The molecule has 0 aromatic carbocycles. The van der Waals surface area contributed by atoms with Crippen molar-refractivity contribution >= 4 is 29.2 Å². The van der Waals surface area contributed by atoms with Crippen LogP contribution in [0.4, 0.5) is 0 Å². The van der Waals surface area contributed by atoms with Gasteiger partial charge in [-0.25, -0.2) is 0 Å². The molecule has 0 radical (unpaired) electrons. The minimum absolute atomic E-state index is 0.00364. The molecule has 1 aliphatic rings. The van der Waals surface area contributed by atoms with E-state index in [-0.39, 0.29) is 18.1 Å². The molecule has 2 heterocycles. The lowest BCUT2D eigenvalue weighted by Crippen LogP contribution is -2.40. The number of thiophene rings is 1. The Labute approximate surface area is 186 Å². The van der Waals surface area contributed by atoms with E-state index in [1.165, 1.54) is 16.9 Å². The Hall–Kier alpha value is -1.95. The highest BCUT2D eigenvalue weighted by Crippen LogP contribution is 2.31. The highest BCUT2D eigenvalue weighted by Gasteiger charge is 2.35. The van der Waals surface area contributed by atoms with E-state index in [0.29, 0.717) is 6.04 Å². The number of amides is 1. The molecule has 5 nitrogen and oxygen atoms in total. The normalized spacial score (nSPS) is 19.0. The fourth-order valence-electron chi connectivity index (χ4n) is 3.96. The molecule has 1 aromatic heterocycles. The molecule has 0 bridgehead atoms. The first kappa shape index (κ1) is 24.3. The summed E-state index contributed by atoms with van der Waals surface area (Å²) < 4.78 is 0. The zero-order valence-corrected chi connectivity index (χ0v) is 20.7. The zero-order valence-electron chi connectivity index (χ0n) is 19.9. The molecule has 2 rings (SSSR count). The van der Waals surface area contributed by atoms with Crippen molar-refractivity contribution in [1.29, 1.82) is 0 Å². The van der Waals surface area contributed by atoms with Crippen LogP contribution >= 0.6 is 11.3 Å². The third-order valence-corrected chi connectivity index (χ3v) is 6.89. The summed E-state index contributed by atoms with van der Waals surface area (Å²) in [5.41, 5.74) is 3.41. The Morgan fingerprint density at radius 2 is 1.83 bits per heavy atom. The van der Waals surface area contributed by atoms with Crippen LogP contribution in [0, 0.1) is 6.92 Å². The maximum atomic E-state index is 12.7. The number of hydrogen-bond acceptors (Lipinski definition) is 5. The van der Waals surface area contributed by atoms with Crippen molar-refractivity contribution in [3.8, 4) is 0 Å². The van der Waals surface area contributed by atoms with Crippen LogP contribution in [0.25, 0.3) is 0 Å². The first-order chi connectivity index (χ1) is 14.3. The molecule has 2 atom stereocenters. The highest BCUT2D eigenvalue weighted by atomic mass is 32.1. The molecule has 6 heteroatoms. The van der Waals surface area contributed by atoms with Crippen molar-refractivity contribution < 1.29 is 4.79 Å². The van der Waals surface area contributed by atoms with Gasteiger partial charge in [0.2, 0.25) is 0 Å². The summed E-state index contributed by atoms with van der Waals surface area (Å²) >= 11 is 1.53. The number of rotatable bonds is 9. The first-order valence-electron chi connectivity index (χ1n) is 11.2. The smallest absolute Gasteiger partial charge is 0.263 e. The van der Waals surface area contributed by atoms with Crippen LogP contribution in [-0.2, 0) is 0 Å². The van der Waals surface area contributed by atoms with Gasteiger partial charge in [-0.05, 0) is 71.6 Å². The van der Waals surface area contributed by atoms with Gasteiger partial charge in [0, 0.05) is 42.1 Å². The lowest BCUT2D eigenvalue weighted by molar-refractivity contribution is 0.0777. The molecule has 0 saturated carbocycles. The second-order valence-corrected chi connectivity index (χ2v) is 9.22. The summed E-state index contributed by atoms with van der Waals surface area (Å²) in [5.74, 6) is 0.105. The average molecular weight is 431 g/mol. The summed E-state index contributed by atoms with van der Waals surface area (Å²) in [4.78, 5) is 28.7. The molecular weight excluding hydrogens is 392 g/mol. The van der Waals surface area contributed by atoms with Crippen LogP contribution in [0.2, 0.25) is 0 Å². The Kier molecular flexibility index (Phi) is 8.83. The molecular formula is C24H38N4OS. The molecule has 0 fully saturated rings. The van der Waals surface area contributed by atoms with Crippen molar-refractivity contribution in [1.82, 2.24) is 9.80 Å². The highest BCUT2D eigenvalue weighted by molar-refractivity contribution is 7.15. The van der Waals surface area contributed by atoms with E-state index in [0.717, 1.165) is 47.0 Å². The molecule has 2 unspecified atom stereocenters.